The molecule has 0 heterocycles. The molecule has 0 saturated heterocycles. The maximum atomic E-state index is 14.6. The Morgan fingerprint density at radius 1 is 0.857 bits per heavy atom. The van der Waals surface area contributed by atoms with Gasteiger partial charge in [0.15, 0.2) is 0 Å². The van der Waals surface area contributed by atoms with Crippen molar-refractivity contribution in [2.24, 2.45) is 5.92 Å². The zero-order valence-electron chi connectivity index (χ0n) is 26.6. The lowest BCUT2D eigenvalue weighted by molar-refractivity contribution is -0.144. The summed E-state index contributed by atoms with van der Waals surface area (Å²) in [5, 5.41) is 8.03. The molecule has 3 amide bonds. The van der Waals surface area contributed by atoms with Crippen LogP contribution >= 0.6 is 0 Å². The van der Waals surface area contributed by atoms with Crippen LogP contribution in [0.1, 0.15) is 84.0 Å². The van der Waals surface area contributed by atoms with E-state index in [1.807, 2.05) is 102 Å². The van der Waals surface area contributed by atoms with Gasteiger partial charge < -0.3 is 20.3 Å². The number of hydrogen-bond acceptors (Lipinski definition) is 4. The highest BCUT2D eigenvalue weighted by Gasteiger charge is 2.41. The third kappa shape index (κ3) is 7.90. The molecule has 3 rings (SSSR count). The summed E-state index contributed by atoms with van der Waals surface area (Å²) in [6.45, 7) is 17.1. The van der Waals surface area contributed by atoms with E-state index in [1.165, 1.54) is 0 Å². The maximum Gasteiger partial charge on any atom is 0.408 e. The second-order valence-electron chi connectivity index (χ2n) is 12.3. The van der Waals surface area contributed by atoms with E-state index in [9.17, 15) is 14.4 Å². The molecule has 4 atom stereocenters. The van der Waals surface area contributed by atoms with Crippen molar-refractivity contribution < 1.29 is 19.1 Å². The summed E-state index contributed by atoms with van der Waals surface area (Å²) in [5.41, 5.74) is 2.54. The number of benzene rings is 3. The number of rotatable bonds is 10. The van der Waals surface area contributed by atoms with Gasteiger partial charge in [-0.3, -0.25) is 9.59 Å². The van der Waals surface area contributed by atoms with Gasteiger partial charge >= 0.3 is 6.09 Å². The fourth-order valence-corrected chi connectivity index (χ4v) is 5.21. The van der Waals surface area contributed by atoms with Gasteiger partial charge in [0.1, 0.15) is 17.7 Å². The molecule has 7 heteroatoms. The Morgan fingerprint density at radius 3 is 2.05 bits per heavy atom. The number of nitrogens with zero attached hydrogens (tertiary/aromatic N) is 1. The van der Waals surface area contributed by atoms with Crippen molar-refractivity contribution in [2.45, 2.75) is 98.9 Å². The fraction of sp³-hybridized carbons (Fsp3) is 0.457. The quantitative estimate of drug-likeness (QED) is 0.260. The third-order valence-electron chi connectivity index (χ3n) is 7.83. The van der Waals surface area contributed by atoms with E-state index in [0.29, 0.717) is 18.5 Å². The molecule has 0 spiro atoms. The lowest BCUT2D eigenvalue weighted by Gasteiger charge is -2.40. The van der Waals surface area contributed by atoms with Gasteiger partial charge in [0.05, 0.1) is 0 Å². The van der Waals surface area contributed by atoms with Crippen molar-refractivity contribution in [3.8, 4) is 0 Å². The monoisotopic (exact) mass is 573 g/mol. The molecule has 0 aliphatic heterocycles. The maximum absolute atomic E-state index is 14.6. The number of hydrogen-bond donors (Lipinski definition) is 2. The van der Waals surface area contributed by atoms with Gasteiger partial charge in [0.25, 0.3) is 5.91 Å². The molecule has 2 N–H and O–H groups in total. The van der Waals surface area contributed by atoms with Crippen LogP contribution in [0.2, 0.25) is 0 Å². The van der Waals surface area contributed by atoms with Crippen LogP contribution < -0.4 is 10.6 Å². The van der Waals surface area contributed by atoms with E-state index in [4.69, 9.17) is 4.74 Å². The number of fused-ring (bicyclic) bond motifs is 1. The molecule has 0 bridgehead atoms. The molecular weight excluding hydrogens is 526 g/mol. The van der Waals surface area contributed by atoms with Crippen LogP contribution in [-0.4, -0.2) is 40.5 Å². The minimum Gasteiger partial charge on any atom is -0.444 e. The number of nitrogens with one attached hydrogen (secondary N) is 2. The lowest BCUT2D eigenvalue weighted by Crippen LogP contribution is -2.57. The van der Waals surface area contributed by atoms with Gasteiger partial charge in [-0.25, -0.2) is 4.79 Å². The molecule has 4 unspecified atom stereocenters. The molecule has 3 aromatic carbocycles. The van der Waals surface area contributed by atoms with Crippen LogP contribution in [0.25, 0.3) is 10.8 Å². The predicted molar refractivity (Wildman–Crippen MR) is 170 cm³/mol. The van der Waals surface area contributed by atoms with Crippen molar-refractivity contribution in [1.29, 1.82) is 0 Å². The Bertz CT molecular complexity index is 1390. The lowest BCUT2D eigenvalue weighted by atomic mass is 9.90. The van der Waals surface area contributed by atoms with E-state index in [1.54, 1.807) is 25.7 Å². The molecule has 0 aromatic heterocycles. The highest BCUT2D eigenvalue weighted by Crippen LogP contribution is 2.33. The predicted octanol–water partition coefficient (Wildman–Crippen LogP) is 7.70. The van der Waals surface area contributed by atoms with Crippen molar-refractivity contribution >= 4 is 34.4 Å². The molecule has 0 aliphatic rings. The summed E-state index contributed by atoms with van der Waals surface area (Å²) in [4.78, 5) is 43.5. The minimum absolute atomic E-state index is 0.196. The Morgan fingerprint density at radius 2 is 1.48 bits per heavy atom. The largest absolute Gasteiger partial charge is 0.444 e. The van der Waals surface area contributed by atoms with Crippen molar-refractivity contribution in [1.82, 2.24) is 10.2 Å². The summed E-state index contributed by atoms with van der Waals surface area (Å²) in [5.74, 6) is -0.818. The van der Waals surface area contributed by atoms with Gasteiger partial charge in [-0.1, -0.05) is 75.7 Å². The number of aryl methyl sites for hydroxylation is 2. The van der Waals surface area contributed by atoms with Gasteiger partial charge in [0, 0.05) is 11.7 Å². The van der Waals surface area contributed by atoms with Crippen molar-refractivity contribution in [3.63, 3.8) is 0 Å². The summed E-state index contributed by atoms with van der Waals surface area (Å²) in [6, 6.07) is 17.5. The van der Waals surface area contributed by atoms with Crippen LogP contribution in [-0.2, 0) is 14.3 Å². The average molecular weight is 574 g/mol. The number of carbonyl (C=O) groups is 3. The molecule has 0 saturated carbocycles. The van der Waals surface area contributed by atoms with Gasteiger partial charge in [-0.05, 0) is 93.5 Å². The molecule has 0 aliphatic carbocycles. The van der Waals surface area contributed by atoms with Crippen molar-refractivity contribution in [2.75, 3.05) is 5.32 Å². The SMILES string of the molecule is CCC(C)C(NC(=O)OC(C)(C)C)C(=O)N(C(C)CC)C(C(=O)Nc1ccc2ccccc2c1)c1c(C)cccc1C. The number of carbonyl (C=O) groups excluding carboxylic acids is 3. The first-order chi connectivity index (χ1) is 19.8. The van der Waals surface area contributed by atoms with Gasteiger partial charge in [-0.2, -0.15) is 0 Å². The van der Waals surface area contributed by atoms with Crippen LogP contribution in [0.4, 0.5) is 10.5 Å². The topological polar surface area (TPSA) is 87.7 Å². The second-order valence-corrected chi connectivity index (χ2v) is 12.3. The van der Waals surface area contributed by atoms with Gasteiger partial charge in [0.2, 0.25) is 5.91 Å². The Hall–Kier alpha value is -3.87. The molecule has 226 valence electrons. The molecule has 42 heavy (non-hydrogen) atoms. The van der Waals surface area contributed by atoms with E-state index < -0.39 is 23.8 Å². The Labute approximate surface area is 251 Å². The first-order valence-corrected chi connectivity index (χ1v) is 14.9. The van der Waals surface area contributed by atoms with Crippen LogP contribution in [0.5, 0.6) is 0 Å². The first-order valence-electron chi connectivity index (χ1n) is 14.9. The van der Waals surface area contributed by atoms with Gasteiger partial charge in [-0.15, -0.1) is 0 Å². The smallest absolute Gasteiger partial charge is 0.408 e. The summed E-state index contributed by atoms with van der Waals surface area (Å²) >= 11 is 0. The van der Waals surface area contributed by atoms with E-state index >= 15 is 0 Å². The average Bonchev–Trinajstić information content (AvgIpc) is 2.93. The zero-order chi connectivity index (χ0) is 31.2. The minimum atomic E-state index is -0.924. The fourth-order valence-electron chi connectivity index (χ4n) is 5.21. The van der Waals surface area contributed by atoms with Crippen LogP contribution in [0.15, 0.2) is 60.7 Å². The molecule has 0 fully saturated rings. The highest BCUT2D eigenvalue weighted by molar-refractivity contribution is 6.01. The summed E-state index contributed by atoms with van der Waals surface area (Å²) < 4.78 is 5.52. The molecule has 0 radical (unpaired) electrons. The number of alkyl carbamates (subject to hydrolysis) is 1. The number of anilines is 1. The second kappa shape index (κ2) is 13.9. The van der Waals surface area contributed by atoms with Crippen LogP contribution in [0, 0.1) is 19.8 Å². The first kappa shape index (κ1) is 32.6. The van der Waals surface area contributed by atoms with Crippen LogP contribution in [0.3, 0.4) is 0 Å². The molecular formula is C35H47N3O4. The van der Waals surface area contributed by atoms with E-state index in [2.05, 4.69) is 10.6 Å². The zero-order valence-corrected chi connectivity index (χ0v) is 26.6. The Balaban J connectivity index is 2.12. The summed E-state index contributed by atoms with van der Waals surface area (Å²) in [7, 11) is 0. The Kier molecular flexibility index (Phi) is 10.8. The van der Waals surface area contributed by atoms with E-state index in [0.717, 1.165) is 27.5 Å². The van der Waals surface area contributed by atoms with E-state index in [-0.39, 0.29) is 23.8 Å². The highest BCUT2D eigenvalue weighted by atomic mass is 16.6. The third-order valence-corrected chi connectivity index (χ3v) is 7.83. The van der Waals surface area contributed by atoms with Crippen molar-refractivity contribution in [3.05, 3.63) is 77.4 Å². The molecule has 3 aromatic rings. The summed E-state index contributed by atoms with van der Waals surface area (Å²) in [6.07, 6.45) is 0.614. The number of amides is 3. The molecule has 7 nitrogen and oxygen atoms in total. The normalized spacial score (nSPS) is 14.4. The number of ether oxygens (including phenoxy) is 1. The standard InChI is InChI=1S/C35H47N3O4/c1-10-22(3)30(37-34(41)42-35(7,8)9)33(40)38(25(6)11-2)31(29-23(4)15-14-16-24(29)5)32(39)36-28-20-19-26-17-12-13-18-27(26)21-28/h12-22,25,30-31H,10-11H2,1-9H3,(H,36,39)(H,37,41).